The predicted molar refractivity (Wildman–Crippen MR) is 175 cm³/mol. The summed E-state index contributed by atoms with van der Waals surface area (Å²) in [6.07, 6.45) is 8.29. The number of nitrogens with two attached hydrogens (primary N) is 1. The van der Waals surface area contributed by atoms with E-state index in [2.05, 4.69) is 18.1 Å². The predicted octanol–water partition coefficient (Wildman–Crippen LogP) is 4.71. The van der Waals surface area contributed by atoms with Crippen LogP contribution in [0.4, 0.5) is 5.69 Å². The number of benzene rings is 2. The molecule has 1 saturated carbocycles. The SMILES string of the molecule is C=CCCCN(C[C@](O)(C(N)=O)c1ccc2c(c1)N(C[C@@H]1CC[C@H]1[C@@H](O)C=C)CCCCc1cc(Cl)ccc1CO2)S(=O)O. The highest BCUT2D eigenvalue weighted by molar-refractivity contribution is 7.76. The van der Waals surface area contributed by atoms with E-state index in [9.17, 15) is 23.8 Å². The van der Waals surface area contributed by atoms with Crippen LogP contribution in [-0.2, 0) is 34.7 Å². The molecule has 240 valence electrons. The zero-order chi connectivity index (χ0) is 31.9. The fourth-order valence-electron chi connectivity index (χ4n) is 6.12. The third-order valence-corrected chi connectivity index (χ3v) is 9.90. The number of aliphatic hydroxyl groups is 2. The number of nitrogens with zero attached hydrogens (tertiary/aromatic N) is 2. The smallest absolute Gasteiger partial charge is 0.255 e. The van der Waals surface area contributed by atoms with E-state index in [1.54, 1.807) is 30.4 Å². The summed E-state index contributed by atoms with van der Waals surface area (Å²) < 4.78 is 29.7. The molecule has 0 bridgehead atoms. The van der Waals surface area contributed by atoms with E-state index in [4.69, 9.17) is 22.1 Å². The largest absolute Gasteiger partial charge is 0.487 e. The molecule has 1 unspecified atom stereocenters. The summed E-state index contributed by atoms with van der Waals surface area (Å²) in [6.45, 7) is 8.75. The Hall–Kier alpha value is -2.73. The van der Waals surface area contributed by atoms with E-state index in [0.29, 0.717) is 49.0 Å². The van der Waals surface area contributed by atoms with Crippen molar-refractivity contribution in [2.75, 3.05) is 31.1 Å². The lowest BCUT2D eigenvalue weighted by Crippen LogP contribution is -2.50. The van der Waals surface area contributed by atoms with Gasteiger partial charge in [0, 0.05) is 24.7 Å². The molecule has 11 heteroatoms. The number of anilines is 1. The molecular formula is C33H44ClN3O6S. The van der Waals surface area contributed by atoms with E-state index in [1.807, 2.05) is 18.2 Å². The number of amides is 1. The van der Waals surface area contributed by atoms with Crippen molar-refractivity contribution in [1.29, 1.82) is 0 Å². The van der Waals surface area contributed by atoms with E-state index in [1.165, 1.54) is 0 Å². The zero-order valence-electron chi connectivity index (χ0n) is 25.1. The number of fused-ring (bicyclic) bond motifs is 2. The Bertz CT molecular complexity index is 1360. The highest BCUT2D eigenvalue weighted by atomic mass is 35.5. The van der Waals surface area contributed by atoms with Crippen molar-refractivity contribution < 1.29 is 28.5 Å². The van der Waals surface area contributed by atoms with Crippen LogP contribution >= 0.6 is 11.6 Å². The molecule has 44 heavy (non-hydrogen) atoms. The molecule has 2 aliphatic rings. The van der Waals surface area contributed by atoms with Gasteiger partial charge in [-0.25, -0.2) is 4.21 Å². The number of allylic oxidation sites excluding steroid dienone is 1. The van der Waals surface area contributed by atoms with Crippen LogP contribution < -0.4 is 15.4 Å². The summed E-state index contributed by atoms with van der Waals surface area (Å²) in [4.78, 5) is 15.0. The second-order valence-electron chi connectivity index (χ2n) is 11.8. The number of carbonyl (C=O) groups excluding carboxylic acids is 1. The molecule has 1 aliphatic heterocycles. The molecule has 9 nitrogen and oxygen atoms in total. The van der Waals surface area contributed by atoms with E-state index < -0.39 is 35.4 Å². The standard InChI is InChI=1S/C33H44ClN3O6S/c1-3-5-7-17-37(44(41)42)22-33(40,32(35)39)26-12-15-31-29(19-26)36(20-24-11-14-28(24)30(38)4-2)16-8-6-9-23-18-27(34)13-10-25(23)21-43-31/h3-4,10,12-13,15,18-19,24,28,30,38,40H,1-2,5-9,11,14,16-17,20-22H2,(H2,35,39)(H,41,42)/t24-,28+,30-,33+/m0/s1. The first kappa shape index (κ1) is 34.1. The van der Waals surface area contributed by atoms with Gasteiger partial charge in [0.2, 0.25) is 11.3 Å². The van der Waals surface area contributed by atoms with Gasteiger partial charge < -0.3 is 25.6 Å². The topological polar surface area (TPSA) is 137 Å². The van der Waals surface area contributed by atoms with Gasteiger partial charge in [-0.05, 0) is 97.7 Å². The van der Waals surface area contributed by atoms with Gasteiger partial charge >= 0.3 is 0 Å². The molecule has 0 spiro atoms. The number of halogens is 1. The number of carbonyl (C=O) groups is 1. The molecular weight excluding hydrogens is 602 g/mol. The maximum absolute atomic E-state index is 12.8. The minimum atomic E-state index is -2.44. The molecule has 1 aliphatic carbocycles. The fraction of sp³-hybridized carbons (Fsp3) is 0.485. The van der Waals surface area contributed by atoms with Crippen molar-refractivity contribution in [2.24, 2.45) is 17.6 Å². The summed E-state index contributed by atoms with van der Waals surface area (Å²) >= 11 is 3.86. The molecule has 5 atom stereocenters. The van der Waals surface area contributed by atoms with Crippen LogP contribution in [0.3, 0.4) is 0 Å². The highest BCUT2D eigenvalue weighted by Gasteiger charge is 2.41. The first-order chi connectivity index (χ1) is 21.1. The molecule has 0 aromatic heterocycles. The number of hydrogen-bond donors (Lipinski definition) is 4. The molecule has 2 aromatic carbocycles. The van der Waals surface area contributed by atoms with E-state index in [0.717, 1.165) is 47.5 Å². The van der Waals surface area contributed by atoms with Crippen molar-refractivity contribution in [3.63, 3.8) is 0 Å². The van der Waals surface area contributed by atoms with Crippen LogP contribution in [0.1, 0.15) is 55.2 Å². The van der Waals surface area contributed by atoms with Gasteiger partial charge in [-0.1, -0.05) is 35.9 Å². The number of hydrogen-bond acceptors (Lipinski definition) is 6. The lowest BCUT2D eigenvalue weighted by Gasteiger charge is -2.42. The average Bonchev–Trinajstić information content (AvgIpc) is 3.01. The first-order valence-corrected chi connectivity index (χ1v) is 16.6. The van der Waals surface area contributed by atoms with E-state index in [-0.39, 0.29) is 23.9 Å². The monoisotopic (exact) mass is 645 g/mol. The van der Waals surface area contributed by atoms with Gasteiger partial charge in [0.25, 0.3) is 5.91 Å². The second-order valence-corrected chi connectivity index (χ2v) is 13.2. The molecule has 5 N–H and O–H groups in total. The van der Waals surface area contributed by atoms with Gasteiger partial charge in [0.05, 0.1) is 18.3 Å². The van der Waals surface area contributed by atoms with Crippen molar-refractivity contribution in [2.45, 2.75) is 63.3 Å². The average molecular weight is 646 g/mol. The molecule has 1 heterocycles. The van der Waals surface area contributed by atoms with Gasteiger partial charge in [0.15, 0.2) is 5.60 Å². The Morgan fingerprint density at radius 2 is 2.02 bits per heavy atom. The van der Waals surface area contributed by atoms with Crippen molar-refractivity contribution >= 4 is 34.5 Å². The Morgan fingerprint density at radius 3 is 2.68 bits per heavy atom. The summed E-state index contributed by atoms with van der Waals surface area (Å²) in [5.74, 6) is -0.152. The lowest BCUT2D eigenvalue weighted by atomic mass is 9.70. The maximum Gasteiger partial charge on any atom is 0.255 e. The minimum absolute atomic E-state index is 0.0934. The Balaban J connectivity index is 1.74. The van der Waals surface area contributed by atoms with Crippen LogP contribution in [0.2, 0.25) is 5.02 Å². The Labute approximate surface area is 267 Å². The Kier molecular flexibility index (Phi) is 12.0. The number of rotatable bonds is 13. The molecule has 4 rings (SSSR count). The summed E-state index contributed by atoms with van der Waals surface area (Å²) in [5, 5.41) is 22.9. The number of ether oxygens (including phenoxy) is 1. The molecule has 1 amide bonds. The Morgan fingerprint density at radius 1 is 1.23 bits per heavy atom. The summed E-state index contributed by atoms with van der Waals surface area (Å²) in [5.41, 5.74) is 6.58. The normalized spacial score (nSPS) is 21.3. The maximum atomic E-state index is 12.8. The van der Waals surface area contributed by atoms with Gasteiger partial charge in [-0.3, -0.25) is 9.35 Å². The van der Waals surface area contributed by atoms with Crippen molar-refractivity contribution in [3.8, 4) is 5.75 Å². The quantitative estimate of drug-likeness (QED) is 0.141. The third kappa shape index (κ3) is 8.10. The number of aryl methyl sites for hydroxylation is 1. The van der Waals surface area contributed by atoms with Crippen LogP contribution in [0.5, 0.6) is 5.75 Å². The number of unbranched alkanes of at least 4 members (excludes halogenated alkanes) is 1. The first-order valence-electron chi connectivity index (χ1n) is 15.2. The summed E-state index contributed by atoms with van der Waals surface area (Å²) in [7, 11) is 0. The lowest BCUT2D eigenvalue weighted by molar-refractivity contribution is -0.138. The van der Waals surface area contributed by atoms with Crippen molar-refractivity contribution in [3.05, 3.63) is 83.4 Å². The van der Waals surface area contributed by atoms with Crippen LogP contribution in [0.15, 0.2) is 61.7 Å². The molecule has 0 radical (unpaired) electrons. The number of aliphatic hydroxyl groups excluding tert-OH is 1. The molecule has 1 fully saturated rings. The summed E-state index contributed by atoms with van der Waals surface area (Å²) in [6, 6.07) is 10.8. The van der Waals surface area contributed by atoms with Crippen LogP contribution in [-0.4, -0.2) is 61.5 Å². The highest BCUT2D eigenvalue weighted by Crippen LogP contribution is 2.41. The van der Waals surface area contributed by atoms with E-state index >= 15 is 0 Å². The van der Waals surface area contributed by atoms with Gasteiger partial charge in [-0.2, -0.15) is 4.31 Å². The minimum Gasteiger partial charge on any atom is -0.487 e. The van der Waals surface area contributed by atoms with Gasteiger partial charge in [-0.15, -0.1) is 13.2 Å². The number of primary amides is 1. The van der Waals surface area contributed by atoms with Crippen LogP contribution in [0.25, 0.3) is 0 Å². The van der Waals surface area contributed by atoms with Crippen molar-refractivity contribution in [1.82, 2.24) is 4.31 Å². The molecule has 0 saturated heterocycles. The zero-order valence-corrected chi connectivity index (χ0v) is 26.6. The fourth-order valence-corrected chi connectivity index (χ4v) is 6.89. The third-order valence-electron chi connectivity index (χ3n) is 8.91. The van der Waals surface area contributed by atoms with Crippen LogP contribution in [0, 0.1) is 11.8 Å². The second kappa shape index (κ2) is 15.5. The van der Waals surface area contributed by atoms with Gasteiger partial charge in [0.1, 0.15) is 12.4 Å². The molecule has 2 aromatic rings.